The summed E-state index contributed by atoms with van der Waals surface area (Å²) in [5.74, 6) is -3.45. The van der Waals surface area contributed by atoms with Gasteiger partial charge in [-0.1, -0.05) is 0 Å². The van der Waals surface area contributed by atoms with Crippen LogP contribution in [0.3, 0.4) is 0 Å². The topological polar surface area (TPSA) is 140 Å². The van der Waals surface area contributed by atoms with Crippen molar-refractivity contribution in [1.29, 1.82) is 0 Å². The van der Waals surface area contributed by atoms with E-state index < -0.39 is 23.1 Å². The van der Waals surface area contributed by atoms with Crippen LogP contribution in [-0.2, 0) is 9.53 Å². The van der Waals surface area contributed by atoms with Gasteiger partial charge in [-0.15, -0.1) is 0 Å². The molecule has 1 saturated heterocycles. The Morgan fingerprint density at radius 2 is 1.78 bits per heavy atom. The van der Waals surface area contributed by atoms with E-state index in [1.54, 1.807) is 23.3 Å². The molecule has 2 aromatic heterocycles. The second-order valence-electron chi connectivity index (χ2n) is 10.8. The Balaban J connectivity index is 1.45. The molecule has 1 saturated carbocycles. The van der Waals surface area contributed by atoms with Crippen molar-refractivity contribution in [2.24, 2.45) is 11.7 Å². The number of rotatable bonds is 7. The van der Waals surface area contributed by atoms with E-state index in [1.807, 2.05) is 0 Å². The first-order chi connectivity index (χ1) is 19.6. The van der Waals surface area contributed by atoms with Crippen LogP contribution < -0.4 is 16.4 Å². The van der Waals surface area contributed by atoms with Gasteiger partial charge < -0.3 is 26.0 Å². The van der Waals surface area contributed by atoms with Crippen LogP contribution in [0.4, 0.5) is 35.5 Å². The quantitative estimate of drug-likeness (QED) is 0.371. The summed E-state index contributed by atoms with van der Waals surface area (Å²) >= 11 is 0. The molecule has 3 aromatic rings. The molecule has 41 heavy (non-hydrogen) atoms. The number of amides is 2. The molecular weight excluding hydrogens is 541 g/mol. The van der Waals surface area contributed by atoms with E-state index in [1.165, 1.54) is 6.20 Å². The second-order valence-corrected chi connectivity index (χ2v) is 10.8. The number of nitrogens with zero attached hydrogens (tertiary/aromatic N) is 5. The number of aromatic nitrogens is 4. The Hall–Kier alpha value is -4.10. The third kappa shape index (κ3) is 6.30. The maximum absolute atomic E-state index is 14.5. The lowest BCUT2D eigenvalue weighted by Crippen LogP contribution is -2.46. The second kappa shape index (κ2) is 11.8. The molecule has 2 amide bonds. The van der Waals surface area contributed by atoms with Crippen LogP contribution in [0.2, 0.25) is 0 Å². The van der Waals surface area contributed by atoms with Crippen LogP contribution in [0.1, 0.15) is 58.4 Å². The fraction of sp³-hybridized carbons (Fsp3) is 0.519. The molecule has 3 heterocycles. The lowest BCUT2D eigenvalue weighted by Gasteiger charge is -2.33. The van der Waals surface area contributed by atoms with Gasteiger partial charge in [0.15, 0.2) is 17.3 Å². The summed E-state index contributed by atoms with van der Waals surface area (Å²) in [5, 5.41) is 5.98. The smallest absolute Gasteiger partial charge is 0.410 e. The molecule has 1 aliphatic heterocycles. The van der Waals surface area contributed by atoms with Crippen molar-refractivity contribution < 1.29 is 27.5 Å². The highest BCUT2D eigenvalue weighted by Crippen LogP contribution is 2.37. The van der Waals surface area contributed by atoms with Crippen LogP contribution >= 0.6 is 0 Å². The van der Waals surface area contributed by atoms with E-state index in [0.29, 0.717) is 68.0 Å². The molecule has 2 fully saturated rings. The van der Waals surface area contributed by atoms with Crippen molar-refractivity contribution in [2.75, 3.05) is 23.7 Å². The highest BCUT2D eigenvalue weighted by molar-refractivity contribution is 5.78. The zero-order valence-corrected chi connectivity index (χ0v) is 22.9. The predicted molar refractivity (Wildman–Crippen MR) is 145 cm³/mol. The van der Waals surface area contributed by atoms with E-state index in [9.17, 15) is 22.8 Å². The van der Waals surface area contributed by atoms with Gasteiger partial charge in [-0.3, -0.25) is 9.36 Å². The Kier molecular flexibility index (Phi) is 8.18. The van der Waals surface area contributed by atoms with Crippen molar-refractivity contribution in [3.05, 3.63) is 35.8 Å². The van der Waals surface area contributed by atoms with Gasteiger partial charge in [0, 0.05) is 43.2 Å². The van der Waals surface area contributed by atoms with Gasteiger partial charge in [0.2, 0.25) is 17.8 Å². The summed E-state index contributed by atoms with van der Waals surface area (Å²) in [7, 11) is 0. The normalized spacial score (nSPS) is 21.2. The summed E-state index contributed by atoms with van der Waals surface area (Å²) in [5.41, 5.74) is 5.77. The highest BCUT2D eigenvalue weighted by atomic mass is 19.1. The molecule has 1 aliphatic carbocycles. The number of imidazole rings is 1. The lowest BCUT2D eigenvalue weighted by molar-refractivity contribution is -0.122. The van der Waals surface area contributed by atoms with Gasteiger partial charge in [0.25, 0.3) is 0 Å². The number of likely N-dealkylation sites (tertiary alicyclic amines) is 1. The summed E-state index contributed by atoms with van der Waals surface area (Å²) in [6.07, 6.45) is 4.68. The first kappa shape index (κ1) is 28.4. The number of carbonyl (C=O) groups excluding carboxylic acids is 2. The number of halogens is 3. The van der Waals surface area contributed by atoms with Crippen LogP contribution in [-0.4, -0.2) is 61.7 Å². The third-order valence-corrected chi connectivity index (χ3v) is 7.49. The highest BCUT2D eigenvalue weighted by Gasteiger charge is 2.30. The van der Waals surface area contributed by atoms with Crippen LogP contribution in [0.25, 0.3) is 11.2 Å². The van der Waals surface area contributed by atoms with E-state index in [4.69, 9.17) is 15.5 Å². The van der Waals surface area contributed by atoms with E-state index in [0.717, 1.165) is 12.8 Å². The fourth-order valence-electron chi connectivity index (χ4n) is 5.51. The van der Waals surface area contributed by atoms with E-state index in [2.05, 4.69) is 20.6 Å². The number of carbonyl (C=O) groups is 2. The standard InChI is InChI=1S/C27H33F3N8O3/c1-14(2)41-27(40)37-9-3-4-17(13-37)33-25-32-12-21-24(36-25)38(18-7-5-15(6-8-18)23(31)39)26(34-21)35-22-19(29)10-16(28)11-20(22)30/h10-12,14-15,17-18H,3-9,13H2,1-2H3,(H2,31,39)(H,34,35)(H,32,33,36)/t15-,17-,18-/m1/s1. The zero-order valence-electron chi connectivity index (χ0n) is 22.9. The molecule has 14 heteroatoms. The zero-order chi connectivity index (χ0) is 29.3. The monoisotopic (exact) mass is 574 g/mol. The van der Waals surface area contributed by atoms with Crippen molar-refractivity contribution in [3.8, 4) is 0 Å². The van der Waals surface area contributed by atoms with Crippen LogP contribution in [0.15, 0.2) is 18.3 Å². The van der Waals surface area contributed by atoms with Gasteiger partial charge >= 0.3 is 6.09 Å². The molecule has 1 atom stereocenters. The van der Waals surface area contributed by atoms with Crippen molar-refractivity contribution >= 4 is 40.7 Å². The minimum Gasteiger partial charge on any atom is -0.447 e. The number of benzene rings is 1. The van der Waals surface area contributed by atoms with Gasteiger partial charge in [-0.2, -0.15) is 4.98 Å². The number of anilines is 3. The molecule has 1 aromatic carbocycles. The van der Waals surface area contributed by atoms with Gasteiger partial charge in [-0.05, 0) is 52.4 Å². The number of primary amides is 1. The largest absolute Gasteiger partial charge is 0.447 e. The minimum absolute atomic E-state index is 0.110. The van der Waals surface area contributed by atoms with Crippen molar-refractivity contribution in [1.82, 2.24) is 24.4 Å². The maximum atomic E-state index is 14.5. The molecule has 5 rings (SSSR count). The fourth-order valence-corrected chi connectivity index (χ4v) is 5.51. The number of nitrogens with two attached hydrogens (primary N) is 1. The molecule has 0 unspecified atom stereocenters. The van der Waals surface area contributed by atoms with Gasteiger partial charge in [0.1, 0.15) is 17.0 Å². The number of piperidine rings is 1. The average molecular weight is 575 g/mol. The Morgan fingerprint density at radius 3 is 2.44 bits per heavy atom. The Labute approximate surface area is 234 Å². The van der Waals surface area contributed by atoms with Crippen LogP contribution in [0, 0.1) is 23.4 Å². The number of hydrogen-bond acceptors (Lipinski definition) is 8. The molecule has 0 bridgehead atoms. The van der Waals surface area contributed by atoms with Gasteiger partial charge in [-0.25, -0.2) is 27.9 Å². The predicted octanol–water partition coefficient (Wildman–Crippen LogP) is 4.63. The van der Waals surface area contributed by atoms with E-state index in [-0.39, 0.29) is 42.1 Å². The number of ether oxygens (including phenoxy) is 1. The molecule has 4 N–H and O–H groups in total. The minimum atomic E-state index is -1.11. The SMILES string of the molecule is CC(C)OC(=O)N1CCC[C@@H](Nc2ncc3nc(Nc4c(F)cc(F)cc4F)n([C@H]4CC[C@H](C(N)=O)CC4)c3n2)C1. The first-order valence-electron chi connectivity index (χ1n) is 13.8. The molecule has 0 spiro atoms. The molecular formula is C27H33F3N8O3. The summed E-state index contributed by atoms with van der Waals surface area (Å²) in [6.45, 7) is 4.60. The molecule has 220 valence electrons. The van der Waals surface area contributed by atoms with Crippen molar-refractivity contribution in [3.63, 3.8) is 0 Å². The average Bonchev–Trinajstić information content (AvgIpc) is 3.27. The number of hydrogen-bond donors (Lipinski definition) is 3. The summed E-state index contributed by atoms with van der Waals surface area (Å²) in [4.78, 5) is 39.4. The van der Waals surface area contributed by atoms with Crippen molar-refractivity contribution in [2.45, 2.75) is 70.6 Å². The molecule has 0 radical (unpaired) electrons. The van der Waals surface area contributed by atoms with Crippen LogP contribution in [0.5, 0.6) is 0 Å². The Bertz CT molecular complexity index is 1420. The number of nitrogens with one attached hydrogen (secondary N) is 2. The number of fused-ring (bicyclic) bond motifs is 1. The summed E-state index contributed by atoms with van der Waals surface area (Å²) in [6, 6.07) is 0.845. The lowest BCUT2D eigenvalue weighted by atomic mass is 9.85. The Morgan fingerprint density at radius 1 is 1.07 bits per heavy atom. The van der Waals surface area contributed by atoms with Gasteiger partial charge in [0.05, 0.1) is 12.3 Å². The third-order valence-electron chi connectivity index (χ3n) is 7.49. The molecule has 2 aliphatic rings. The summed E-state index contributed by atoms with van der Waals surface area (Å²) < 4.78 is 49.7. The first-order valence-corrected chi connectivity index (χ1v) is 13.8. The maximum Gasteiger partial charge on any atom is 0.410 e. The van der Waals surface area contributed by atoms with E-state index >= 15 is 0 Å². The molecule has 11 nitrogen and oxygen atoms in total.